The minimum Gasteiger partial charge on any atom is -0.444 e. The Morgan fingerprint density at radius 3 is 2.69 bits per heavy atom. The lowest BCUT2D eigenvalue weighted by atomic mass is 10.2. The van der Waals surface area contributed by atoms with E-state index in [4.69, 9.17) is 4.74 Å². The Morgan fingerprint density at radius 2 is 2.00 bits per heavy atom. The van der Waals surface area contributed by atoms with Gasteiger partial charge in [-0.05, 0) is 32.9 Å². The lowest BCUT2D eigenvalue weighted by Crippen LogP contribution is -2.39. The minimum absolute atomic E-state index is 0.113. The van der Waals surface area contributed by atoms with Crippen LogP contribution in [0.25, 0.3) is 0 Å². The van der Waals surface area contributed by atoms with Crippen molar-refractivity contribution in [3.8, 4) is 0 Å². The van der Waals surface area contributed by atoms with Crippen LogP contribution in [0.4, 0.5) is 9.93 Å². The first-order valence-corrected chi connectivity index (χ1v) is 10.8. The highest BCUT2D eigenvalue weighted by Crippen LogP contribution is 2.30. The van der Waals surface area contributed by atoms with E-state index in [1.807, 2.05) is 26.8 Å². The second-order valence-corrected chi connectivity index (χ2v) is 9.92. The van der Waals surface area contributed by atoms with Crippen molar-refractivity contribution < 1.29 is 19.1 Å². The molecule has 0 bridgehead atoms. The van der Waals surface area contributed by atoms with Gasteiger partial charge in [0.25, 0.3) is 5.91 Å². The van der Waals surface area contributed by atoms with Crippen LogP contribution in [-0.2, 0) is 29.0 Å². The monoisotopic (exact) mass is 436 g/mol. The van der Waals surface area contributed by atoms with Gasteiger partial charge in [-0.1, -0.05) is 11.3 Å². The highest BCUT2D eigenvalue weighted by atomic mass is 32.1. The standard InChI is InChI=1S/C19H24N4O4S2/c1-11(24)20-9-12-5-6-14(28-12)16(25)22-17-21-13-7-8-23(10-15(13)29-17)18(26)27-19(2,3)4/h5-6H,7-10H2,1-4H3,(H,20,24)(H,21,22,25). The van der Waals surface area contributed by atoms with E-state index in [0.29, 0.717) is 36.1 Å². The molecule has 0 spiro atoms. The van der Waals surface area contributed by atoms with Crippen molar-refractivity contribution in [1.82, 2.24) is 15.2 Å². The molecule has 0 radical (unpaired) electrons. The van der Waals surface area contributed by atoms with Crippen molar-refractivity contribution in [3.63, 3.8) is 0 Å². The normalized spacial score (nSPS) is 13.6. The van der Waals surface area contributed by atoms with E-state index < -0.39 is 5.60 Å². The summed E-state index contributed by atoms with van der Waals surface area (Å²) in [5.74, 6) is -0.350. The third-order valence-electron chi connectivity index (χ3n) is 4.00. The Balaban J connectivity index is 1.61. The van der Waals surface area contributed by atoms with E-state index in [2.05, 4.69) is 15.6 Å². The van der Waals surface area contributed by atoms with Crippen LogP contribution in [0, 0.1) is 0 Å². The van der Waals surface area contributed by atoms with E-state index in [1.165, 1.54) is 29.6 Å². The number of carbonyl (C=O) groups is 3. The molecule has 0 aliphatic carbocycles. The molecule has 2 aromatic rings. The number of ether oxygens (including phenoxy) is 1. The molecule has 0 atom stereocenters. The molecule has 0 fully saturated rings. The average Bonchev–Trinajstić information content (AvgIpc) is 3.24. The molecule has 3 rings (SSSR count). The van der Waals surface area contributed by atoms with E-state index in [-0.39, 0.29) is 17.9 Å². The minimum atomic E-state index is -0.538. The maximum absolute atomic E-state index is 12.5. The summed E-state index contributed by atoms with van der Waals surface area (Å²) in [5.41, 5.74) is 0.367. The third kappa shape index (κ3) is 5.77. The number of aromatic nitrogens is 1. The van der Waals surface area contributed by atoms with Crippen molar-refractivity contribution in [2.24, 2.45) is 0 Å². The second kappa shape index (κ2) is 8.50. The fourth-order valence-electron chi connectivity index (χ4n) is 2.70. The number of thiazole rings is 1. The first-order valence-electron chi connectivity index (χ1n) is 9.22. The molecular formula is C19H24N4O4S2. The molecular weight excluding hydrogens is 412 g/mol. The lowest BCUT2D eigenvalue weighted by molar-refractivity contribution is -0.119. The zero-order valence-corrected chi connectivity index (χ0v) is 18.5. The molecule has 1 aliphatic heterocycles. The Morgan fingerprint density at radius 1 is 1.24 bits per heavy atom. The van der Waals surface area contributed by atoms with Crippen LogP contribution in [-0.4, -0.2) is 39.9 Å². The SMILES string of the molecule is CC(=O)NCc1ccc(C(=O)Nc2nc3c(s2)CN(C(=O)OC(C)(C)C)CC3)s1. The summed E-state index contributed by atoms with van der Waals surface area (Å²) < 4.78 is 5.43. The zero-order valence-electron chi connectivity index (χ0n) is 16.8. The number of fused-ring (bicyclic) bond motifs is 1. The van der Waals surface area contributed by atoms with E-state index >= 15 is 0 Å². The quantitative estimate of drug-likeness (QED) is 0.765. The molecule has 29 heavy (non-hydrogen) atoms. The molecule has 8 nitrogen and oxygen atoms in total. The first-order chi connectivity index (χ1) is 13.6. The molecule has 0 saturated heterocycles. The van der Waals surface area contributed by atoms with Crippen LogP contribution >= 0.6 is 22.7 Å². The molecule has 1 aliphatic rings. The van der Waals surface area contributed by atoms with Gasteiger partial charge in [-0.25, -0.2) is 9.78 Å². The molecule has 0 aromatic carbocycles. The van der Waals surface area contributed by atoms with Gasteiger partial charge in [0.1, 0.15) is 5.60 Å². The van der Waals surface area contributed by atoms with Gasteiger partial charge in [-0.3, -0.25) is 14.9 Å². The maximum atomic E-state index is 12.5. The zero-order chi connectivity index (χ0) is 21.2. The van der Waals surface area contributed by atoms with Gasteiger partial charge in [0.2, 0.25) is 5.91 Å². The van der Waals surface area contributed by atoms with Crippen molar-refractivity contribution in [1.29, 1.82) is 0 Å². The first kappa shape index (κ1) is 21.3. The Hall–Kier alpha value is -2.46. The summed E-state index contributed by atoms with van der Waals surface area (Å²) in [7, 11) is 0. The highest BCUT2D eigenvalue weighted by Gasteiger charge is 2.28. The van der Waals surface area contributed by atoms with E-state index in [0.717, 1.165) is 15.4 Å². The molecule has 3 heterocycles. The molecule has 0 unspecified atom stereocenters. The summed E-state index contributed by atoms with van der Waals surface area (Å²) in [6.45, 7) is 8.34. The summed E-state index contributed by atoms with van der Waals surface area (Å²) in [6.07, 6.45) is 0.285. The number of carbonyl (C=O) groups excluding carboxylic acids is 3. The van der Waals surface area contributed by atoms with Crippen molar-refractivity contribution >= 4 is 45.7 Å². The summed E-state index contributed by atoms with van der Waals surface area (Å²) in [6, 6.07) is 3.55. The number of hydrogen-bond acceptors (Lipinski definition) is 7. The van der Waals surface area contributed by atoms with Crippen LogP contribution in [0.3, 0.4) is 0 Å². The predicted octanol–water partition coefficient (Wildman–Crippen LogP) is 3.39. The lowest BCUT2D eigenvalue weighted by Gasteiger charge is -2.29. The van der Waals surface area contributed by atoms with Gasteiger partial charge in [-0.15, -0.1) is 11.3 Å². The molecule has 0 saturated carbocycles. The van der Waals surface area contributed by atoms with Gasteiger partial charge < -0.3 is 15.0 Å². The molecule has 2 N–H and O–H groups in total. The van der Waals surface area contributed by atoms with Gasteiger partial charge in [0.15, 0.2) is 5.13 Å². The number of nitrogens with zero attached hydrogens (tertiary/aromatic N) is 2. The second-order valence-electron chi connectivity index (χ2n) is 7.67. The highest BCUT2D eigenvalue weighted by molar-refractivity contribution is 7.16. The Bertz CT molecular complexity index is 929. The topological polar surface area (TPSA) is 101 Å². The molecule has 156 valence electrons. The molecule has 10 heteroatoms. The smallest absolute Gasteiger partial charge is 0.410 e. The van der Waals surface area contributed by atoms with Crippen LogP contribution < -0.4 is 10.6 Å². The Kier molecular flexibility index (Phi) is 6.23. The average molecular weight is 437 g/mol. The van der Waals surface area contributed by atoms with Gasteiger partial charge in [0, 0.05) is 29.6 Å². The summed E-state index contributed by atoms with van der Waals surface area (Å²) in [4.78, 5) is 44.4. The van der Waals surface area contributed by atoms with Gasteiger partial charge in [0.05, 0.1) is 23.7 Å². The fraction of sp³-hybridized carbons (Fsp3) is 0.474. The van der Waals surface area contributed by atoms with Crippen molar-refractivity contribution in [2.75, 3.05) is 11.9 Å². The van der Waals surface area contributed by atoms with Gasteiger partial charge in [-0.2, -0.15) is 0 Å². The van der Waals surface area contributed by atoms with E-state index in [9.17, 15) is 14.4 Å². The van der Waals surface area contributed by atoms with Crippen molar-refractivity contribution in [3.05, 3.63) is 32.5 Å². The number of nitrogens with one attached hydrogen (secondary N) is 2. The van der Waals surface area contributed by atoms with E-state index in [1.54, 1.807) is 11.0 Å². The third-order valence-corrected chi connectivity index (χ3v) is 6.08. The van der Waals surface area contributed by atoms with Crippen LogP contribution in [0.15, 0.2) is 12.1 Å². The number of hydrogen-bond donors (Lipinski definition) is 2. The fourth-order valence-corrected chi connectivity index (χ4v) is 4.56. The Labute approximate surface area is 177 Å². The van der Waals surface area contributed by atoms with Crippen LogP contribution in [0.2, 0.25) is 0 Å². The van der Waals surface area contributed by atoms with Crippen LogP contribution in [0.5, 0.6) is 0 Å². The molecule has 2 aromatic heterocycles. The van der Waals surface area contributed by atoms with Gasteiger partial charge >= 0.3 is 6.09 Å². The maximum Gasteiger partial charge on any atom is 0.410 e. The summed E-state index contributed by atoms with van der Waals surface area (Å²) in [5, 5.41) is 6.06. The number of anilines is 1. The predicted molar refractivity (Wildman–Crippen MR) is 112 cm³/mol. The number of amides is 3. The van der Waals surface area contributed by atoms with Crippen molar-refractivity contribution in [2.45, 2.75) is 52.8 Å². The van der Waals surface area contributed by atoms with Crippen LogP contribution in [0.1, 0.15) is 52.8 Å². The number of thiophene rings is 1. The molecule has 3 amide bonds. The number of rotatable bonds is 4. The summed E-state index contributed by atoms with van der Waals surface area (Å²) >= 11 is 2.70. The largest absolute Gasteiger partial charge is 0.444 e.